The summed E-state index contributed by atoms with van der Waals surface area (Å²) < 4.78 is 11.6. The van der Waals surface area contributed by atoms with Crippen molar-refractivity contribution in [2.75, 3.05) is 0 Å². The Kier molecular flexibility index (Phi) is 3.31. The molecule has 2 nitrogen and oxygen atoms in total. The largest absolute Gasteiger partial charge is 0.445 e. The lowest BCUT2D eigenvalue weighted by molar-refractivity contribution is 0.731. The van der Waals surface area contributed by atoms with Crippen molar-refractivity contribution in [3.8, 4) is 33.4 Å². The van der Waals surface area contributed by atoms with Crippen LogP contribution in [0.25, 0.3) is 55.7 Å². The van der Waals surface area contributed by atoms with Gasteiger partial charge in [-0.2, -0.15) is 0 Å². The van der Waals surface area contributed by atoms with Crippen molar-refractivity contribution in [3.63, 3.8) is 0 Å². The number of rotatable bonds is 3. The molecule has 6 rings (SSSR count). The topological polar surface area (TPSA) is 26.3 Å². The van der Waals surface area contributed by atoms with Gasteiger partial charge in [0.05, 0.1) is 0 Å². The number of fused-ring (bicyclic) bond motifs is 3. The molecule has 6 aromatic rings. The van der Waals surface area contributed by atoms with Crippen LogP contribution in [0.5, 0.6) is 0 Å². The average Bonchev–Trinajstić information content (AvgIpc) is 3.61. The van der Waals surface area contributed by atoms with E-state index >= 15 is 0 Å². The first-order valence-corrected chi connectivity index (χ1v) is 9.67. The van der Waals surface area contributed by atoms with E-state index in [1.807, 2.05) is 60.7 Å². The molecule has 4 heteroatoms. The third-order valence-electron chi connectivity index (χ3n) is 5.13. The first-order chi connectivity index (χ1) is 13.7. The summed E-state index contributed by atoms with van der Waals surface area (Å²) in [5.74, 6) is 0. The van der Waals surface area contributed by atoms with Gasteiger partial charge in [0.2, 0.25) is 11.2 Å². The number of halogens is 2. The maximum Gasteiger partial charge on any atom is 0.217 e. The monoisotopic (exact) mass is 402 g/mol. The molecule has 0 spiro atoms. The fourth-order valence-electron chi connectivity index (χ4n) is 3.74. The molecule has 0 fully saturated rings. The molecule has 0 bridgehead atoms. The minimum absolute atomic E-state index is 0.705. The Morgan fingerprint density at radius 1 is 0.464 bits per heavy atom. The predicted octanol–water partition coefficient (Wildman–Crippen LogP) is 8.36. The van der Waals surface area contributed by atoms with Gasteiger partial charge in [-0.25, -0.2) is 0 Å². The van der Waals surface area contributed by atoms with Crippen LogP contribution >= 0.6 is 23.2 Å². The van der Waals surface area contributed by atoms with Crippen LogP contribution in [0.3, 0.4) is 0 Å². The molecule has 0 radical (unpaired) electrons. The van der Waals surface area contributed by atoms with Gasteiger partial charge in [-0.15, -0.1) is 0 Å². The molecule has 0 amide bonds. The summed E-state index contributed by atoms with van der Waals surface area (Å²) in [6.07, 6.45) is 0. The van der Waals surface area contributed by atoms with Crippen LogP contribution < -0.4 is 0 Å². The van der Waals surface area contributed by atoms with Crippen molar-refractivity contribution >= 4 is 45.5 Å². The van der Waals surface area contributed by atoms with E-state index in [4.69, 9.17) is 32.0 Å². The fraction of sp³-hybridized carbons (Fsp3) is 0. The molecule has 134 valence electrons. The van der Waals surface area contributed by atoms with Crippen LogP contribution in [0.2, 0.25) is 10.0 Å². The van der Waals surface area contributed by atoms with Gasteiger partial charge in [-0.3, -0.25) is 0 Å². The molecular weight excluding hydrogens is 391 g/mol. The SMILES string of the molecule is Clc1ccc(-c2ccccc2-c2c(-c3ccc(Cl)cc3)c3oc3c3oc23)cc1. The molecule has 0 unspecified atom stereocenters. The zero-order valence-electron chi connectivity index (χ0n) is 14.5. The Morgan fingerprint density at radius 2 is 0.964 bits per heavy atom. The summed E-state index contributed by atoms with van der Waals surface area (Å²) in [6.45, 7) is 0. The molecule has 2 aromatic heterocycles. The molecule has 0 saturated carbocycles. The van der Waals surface area contributed by atoms with Crippen molar-refractivity contribution in [1.82, 2.24) is 0 Å². The lowest BCUT2D eigenvalue weighted by Gasteiger charge is -2.12. The van der Waals surface area contributed by atoms with E-state index in [9.17, 15) is 0 Å². The van der Waals surface area contributed by atoms with E-state index in [2.05, 4.69) is 12.1 Å². The lowest BCUT2D eigenvalue weighted by atomic mass is 9.89. The molecule has 0 atom stereocenters. The molecular formula is C24H12Cl2O2. The van der Waals surface area contributed by atoms with Crippen LogP contribution in [0.15, 0.2) is 81.6 Å². The van der Waals surface area contributed by atoms with Crippen LogP contribution in [0, 0.1) is 0 Å². The standard InChI is InChI=1S/C24H12Cl2O2/c25-15-9-5-13(6-10-15)17-3-1-2-4-18(17)20-19(14-7-11-16(26)12-8-14)21-23(27-21)24-22(20)28-24/h1-12H. The summed E-state index contributed by atoms with van der Waals surface area (Å²) >= 11 is 12.2. The van der Waals surface area contributed by atoms with Gasteiger partial charge >= 0.3 is 0 Å². The van der Waals surface area contributed by atoms with Crippen molar-refractivity contribution in [1.29, 1.82) is 0 Å². The molecule has 0 saturated heterocycles. The van der Waals surface area contributed by atoms with Crippen LogP contribution in [-0.4, -0.2) is 0 Å². The minimum atomic E-state index is 0.705. The Balaban J connectivity index is 1.63. The van der Waals surface area contributed by atoms with E-state index in [1.54, 1.807) is 0 Å². The summed E-state index contributed by atoms with van der Waals surface area (Å²) in [5, 5.41) is 1.42. The van der Waals surface area contributed by atoms with Crippen molar-refractivity contribution in [3.05, 3.63) is 82.8 Å². The molecule has 28 heavy (non-hydrogen) atoms. The third-order valence-corrected chi connectivity index (χ3v) is 5.64. The predicted molar refractivity (Wildman–Crippen MR) is 115 cm³/mol. The highest BCUT2D eigenvalue weighted by molar-refractivity contribution is 6.31. The maximum atomic E-state index is 6.10. The molecule has 0 aliphatic rings. The quantitative estimate of drug-likeness (QED) is 0.297. The molecule has 0 aliphatic carbocycles. The van der Waals surface area contributed by atoms with Gasteiger partial charge in [0.15, 0.2) is 11.2 Å². The Labute approximate surface area is 170 Å². The highest BCUT2D eigenvalue weighted by Crippen LogP contribution is 2.54. The fourth-order valence-corrected chi connectivity index (χ4v) is 3.99. The first-order valence-electron chi connectivity index (χ1n) is 8.91. The molecule has 4 aromatic carbocycles. The van der Waals surface area contributed by atoms with Gasteiger partial charge in [0.25, 0.3) is 0 Å². The van der Waals surface area contributed by atoms with E-state index in [0.717, 1.165) is 60.7 Å². The summed E-state index contributed by atoms with van der Waals surface area (Å²) in [4.78, 5) is 0. The second kappa shape index (κ2) is 5.78. The Hall–Kier alpha value is -2.94. The third kappa shape index (κ3) is 2.42. The smallest absolute Gasteiger partial charge is 0.217 e. The van der Waals surface area contributed by atoms with Crippen LogP contribution in [-0.2, 0) is 0 Å². The maximum absolute atomic E-state index is 6.10. The lowest BCUT2D eigenvalue weighted by Crippen LogP contribution is -1.88. The zero-order chi connectivity index (χ0) is 18.8. The molecule has 0 N–H and O–H groups in total. The summed E-state index contributed by atoms with van der Waals surface area (Å²) in [6, 6.07) is 24.0. The van der Waals surface area contributed by atoms with Gasteiger partial charge < -0.3 is 8.83 Å². The van der Waals surface area contributed by atoms with Gasteiger partial charge in [0, 0.05) is 21.2 Å². The van der Waals surface area contributed by atoms with Gasteiger partial charge in [-0.05, 0) is 46.5 Å². The van der Waals surface area contributed by atoms with Crippen LogP contribution in [0.4, 0.5) is 0 Å². The molecule has 0 aliphatic heterocycles. The zero-order valence-corrected chi connectivity index (χ0v) is 16.0. The van der Waals surface area contributed by atoms with Crippen molar-refractivity contribution < 1.29 is 8.83 Å². The number of hydrogen-bond donors (Lipinski definition) is 0. The van der Waals surface area contributed by atoms with Gasteiger partial charge in [-0.1, -0.05) is 71.7 Å². The summed E-state index contributed by atoms with van der Waals surface area (Å²) in [7, 11) is 0. The van der Waals surface area contributed by atoms with Crippen molar-refractivity contribution in [2.45, 2.75) is 0 Å². The van der Waals surface area contributed by atoms with Crippen LogP contribution in [0.1, 0.15) is 0 Å². The highest BCUT2D eigenvalue weighted by atomic mass is 35.5. The van der Waals surface area contributed by atoms with E-state index < -0.39 is 0 Å². The number of hydrogen-bond acceptors (Lipinski definition) is 2. The van der Waals surface area contributed by atoms with E-state index in [0.29, 0.717) is 5.02 Å². The van der Waals surface area contributed by atoms with Crippen molar-refractivity contribution in [2.24, 2.45) is 0 Å². The minimum Gasteiger partial charge on any atom is -0.445 e. The van der Waals surface area contributed by atoms with Gasteiger partial charge in [0.1, 0.15) is 0 Å². The first kappa shape index (κ1) is 16.1. The normalized spacial score (nSPS) is 11.9. The second-order valence-electron chi connectivity index (χ2n) is 6.83. The number of benzene rings is 4. The van der Waals surface area contributed by atoms with E-state index in [-0.39, 0.29) is 0 Å². The second-order valence-corrected chi connectivity index (χ2v) is 7.70. The highest BCUT2D eigenvalue weighted by Gasteiger charge is 2.33. The average molecular weight is 403 g/mol. The Morgan fingerprint density at radius 3 is 1.57 bits per heavy atom. The van der Waals surface area contributed by atoms with E-state index in [1.165, 1.54) is 0 Å². The summed E-state index contributed by atoms with van der Waals surface area (Å²) in [5.41, 5.74) is 9.96. The molecule has 2 heterocycles. The Bertz CT molecular complexity index is 1410.